The van der Waals surface area contributed by atoms with Crippen molar-refractivity contribution in [2.75, 3.05) is 0 Å². The van der Waals surface area contributed by atoms with Crippen LogP contribution in [0.2, 0.25) is 13.1 Å². The van der Waals surface area contributed by atoms with Crippen LogP contribution in [0.5, 0.6) is 0 Å². The van der Waals surface area contributed by atoms with Gasteiger partial charge in [0.1, 0.15) is 0 Å². The van der Waals surface area contributed by atoms with Crippen LogP contribution in [0.25, 0.3) is 43.8 Å². The van der Waals surface area contributed by atoms with E-state index in [4.69, 9.17) is 0 Å². The average Bonchev–Trinajstić information content (AvgIpc) is 3.61. The van der Waals surface area contributed by atoms with Gasteiger partial charge in [-0.3, -0.25) is 0 Å². The van der Waals surface area contributed by atoms with Crippen LogP contribution in [-0.2, 0) is 34.2 Å². The molecule has 0 saturated carbocycles. The van der Waals surface area contributed by atoms with Crippen LogP contribution in [0.1, 0.15) is 89.1 Å². The second-order valence-electron chi connectivity index (χ2n) is 15.7. The second kappa shape index (κ2) is 17.8. The van der Waals surface area contributed by atoms with Crippen molar-refractivity contribution in [3.63, 3.8) is 0 Å². The van der Waals surface area contributed by atoms with Crippen molar-refractivity contribution in [3.05, 3.63) is 131 Å². The summed E-state index contributed by atoms with van der Waals surface area (Å²) in [5, 5.41) is 5.47. The molecule has 0 unspecified atom stereocenters. The van der Waals surface area contributed by atoms with Gasteiger partial charge in [-0.05, 0) is 39.0 Å². The minimum absolute atomic E-state index is 0. The van der Waals surface area contributed by atoms with Crippen molar-refractivity contribution in [2.45, 2.75) is 99.1 Å². The van der Waals surface area contributed by atoms with Crippen molar-refractivity contribution in [1.29, 1.82) is 0 Å². The maximum absolute atomic E-state index is 2.35. The van der Waals surface area contributed by atoms with Crippen molar-refractivity contribution in [1.82, 2.24) is 0 Å². The van der Waals surface area contributed by atoms with Gasteiger partial charge in [-0.25, -0.2) is 0 Å². The Balaban J connectivity index is 0.000000296. The van der Waals surface area contributed by atoms with Gasteiger partial charge in [0.2, 0.25) is 0 Å². The molecule has 0 heterocycles. The SMILES string of the molecule is CC(C)c1cc2c(-c3ccc(C(C)(C)C)cc3)cccc2[cH-]1.C[Si](C)=[Zr+2].Cc1cc2c(-c3ccc(C(C)(C)C)cc3)ccc(C)c2[cH-]1.[Cl-].[Cl-]. The smallest absolute Gasteiger partial charge is 0.0132 e. The number of halogens is 2. The Morgan fingerprint density at radius 3 is 1.53 bits per heavy atom. The van der Waals surface area contributed by atoms with Crippen molar-refractivity contribution < 1.29 is 48.1 Å². The fraction of sp³-hybridized carbons (Fsp3) is 0.333. The molecule has 0 aliphatic carbocycles. The Morgan fingerprint density at radius 2 is 1.08 bits per heavy atom. The van der Waals surface area contributed by atoms with Gasteiger partial charge >= 0.3 is 41.9 Å². The summed E-state index contributed by atoms with van der Waals surface area (Å²) in [6.45, 7) is 27.0. The molecule has 0 spiro atoms. The van der Waals surface area contributed by atoms with Crippen LogP contribution in [-0.4, -0.2) is 5.43 Å². The van der Waals surface area contributed by atoms with Gasteiger partial charge in [0.15, 0.2) is 0 Å². The molecule has 0 amide bonds. The molecule has 4 heteroatoms. The van der Waals surface area contributed by atoms with E-state index in [0.29, 0.717) is 5.92 Å². The first-order chi connectivity index (χ1) is 22.0. The van der Waals surface area contributed by atoms with Gasteiger partial charge in [0.25, 0.3) is 0 Å². The standard InChI is InChI=1S/C22H25.C21H23.C2H6Si.2ClH.Zr/c1-15(2)18-13-17-7-6-8-20(21(17)14-18)16-9-11-19(12-10-16)22(3,4)5;1-14-12-19-15(2)6-11-18(20(19)13-14)16-7-9-17(10-8-16)21(3,4)5;1-3-2;;;/h6-15H,1-5H3;6-13H,1-5H3;1-2H3;2*1H;/q2*-1;;;;+2/p-2. The number of hydrogen-bond donors (Lipinski definition) is 0. The third-order valence-corrected chi connectivity index (χ3v) is 8.81. The largest absolute Gasteiger partial charge is 1.00 e. The third-order valence-electron chi connectivity index (χ3n) is 8.81. The first-order valence-electron chi connectivity index (χ1n) is 17.1. The van der Waals surface area contributed by atoms with E-state index in [0.717, 1.165) is 0 Å². The van der Waals surface area contributed by atoms with Crippen LogP contribution in [0.3, 0.4) is 0 Å². The summed E-state index contributed by atoms with van der Waals surface area (Å²) < 4.78 is 0. The summed E-state index contributed by atoms with van der Waals surface area (Å²) in [6, 6.07) is 38.5. The van der Waals surface area contributed by atoms with Crippen LogP contribution in [0.15, 0.2) is 103 Å². The fourth-order valence-electron chi connectivity index (χ4n) is 5.98. The maximum Gasteiger partial charge on any atom is -0.0132 e. The summed E-state index contributed by atoms with van der Waals surface area (Å²) in [7, 11) is 0. The number of hydrogen-bond acceptors (Lipinski definition) is 0. The van der Waals surface area contributed by atoms with E-state index in [-0.39, 0.29) is 41.1 Å². The van der Waals surface area contributed by atoms with E-state index in [1.807, 2.05) is 0 Å². The minimum atomic E-state index is 0. The molecule has 0 radical (unpaired) electrons. The monoisotopic (exact) mass is 782 g/mol. The minimum Gasteiger partial charge on any atom is -1.00 e. The van der Waals surface area contributed by atoms with Crippen molar-refractivity contribution in [2.24, 2.45) is 0 Å². The molecular formula is C45H54Cl2SiZr-2. The molecule has 0 bridgehead atoms. The summed E-state index contributed by atoms with van der Waals surface area (Å²) in [5.74, 6) is 0.573. The predicted octanol–water partition coefficient (Wildman–Crippen LogP) is 7.58. The van der Waals surface area contributed by atoms with Gasteiger partial charge in [-0.2, -0.15) is 12.1 Å². The van der Waals surface area contributed by atoms with E-state index >= 15 is 0 Å². The Labute approximate surface area is 325 Å². The zero-order valence-corrected chi connectivity index (χ0v) is 36.6. The van der Waals surface area contributed by atoms with E-state index in [2.05, 4.69) is 185 Å². The molecule has 0 aliphatic heterocycles. The van der Waals surface area contributed by atoms with Gasteiger partial charge in [0.05, 0.1) is 0 Å². The number of benzene rings is 4. The topological polar surface area (TPSA) is 0 Å². The molecule has 0 atom stereocenters. The molecule has 0 N–H and O–H groups in total. The Hall–Kier alpha value is -2.22. The normalized spacial score (nSPS) is 11.2. The first kappa shape index (κ1) is 42.9. The summed E-state index contributed by atoms with van der Waals surface area (Å²) in [5.41, 5.74) is 12.8. The molecule has 0 aromatic heterocycles. The molecule has 6 aromatic carbocycles. The van der Waals surface area contributed by atoms with Crippen LogP contribution >= 0.6 is 0 Å². The molecular weight excluding hydrogens is 731 g/mol. The predicted molar refractivity (Wildman–Crippen MR) is 208 cm³/mol. The molecule has 258 valence electrons. The molecule has 6 rings (SSSR count). The quantitative estimate of drug-likeness (QED) is 0.128. The fourth-order valence-corrected chi connectivity index (χ4v) is 5.98. The Bertz CT molecular complexity index is 1950. The molecule has 6 aromatic rings. The van der Waals surface area contributed by atoms with Gasteiger partial charge < -0.3 is 24.8 Å². The van der Waals surface area contributed by atoms with Gasteiger partial charge in [-0.1, -0.05) is 141 Å². The number of fused-ring (bicyclic) bond motifs is 2. The molecule has 0 nitrogen and oxygen atoms in total. The van der Waals surface area contributed by atoms with Crippen molar-refractivity contribution in [3.8, 4) is 22.3 Å². The third kappa shape index (κ3) is 11.1. The van der Waals surface area contributed by atoms with E-state index in [1.54, 1.807) is 23.3 Å². The second-order valence-corrected chi connectivity index (χ2v) is 25.1. The molecule has 49 heavy (non-hydrogen) atoms. The van der Waals surface area contributed by atoms with Crippen LogP contribution < -0.4 is 24.8 Å². The van der Waals surface area contributed by atoms with Gasteiger partial charge in [0, 0.05) is 0 Å². The summed E-state index contributed by atoms with van der Waals surface area (Å²) in [6.07, 6.45) is 0. The molecule has 0 fully saturated rings. The van der Waals surface area contributed by atoms with Crippen molar-refractivity contribution >= 4 is 27.0 Å². The average molecular weight is 785 g/mol. The first-order valence-corrected chi connectivity index (χ1v) is 23.2. The summed E-state index contributed by atoms with van der Waals surface area (Å²) >= 11 is 1.74. The summed E-state index contributed by atoms with van der Waals surface area (Å²) in [4.78, 5) is 0. The van der Waals surface area contributed by atoms with E-state index < -0.39 is 0 Å². The number of aryl methyl sites for hydroxylation is 2. The Morgan fingerprint density at radius 1 is 0.612 bits per heavy atom. The molecule has 0 saturated heterocycles. The maximum atomic E-state index is 2.35. The van der Waals surface area contributed by atoms with E-state index in [9.17, 15) is 0 Å². The molecule has 0 aliphatic rings. The Kier molecular flexibility index (Phi) is 15.6. The zero-order chi connectivity index (χ0) is 34.7. The van der Waals surface area contributed by atoms with Crippen LogP contribution in [0, 0.1) is 13.8 Å². The van der Waals surface area contributed by atoms with Gasteiger partial charge in [-0.15, -0.1) is 68.6 Å². The van der Waals surface area contributed by atoms with Crippen LogP contribution in [0.4, 0.5) is 0 Å². The number of rotatable bonds is 3. The van der Waals surface area contributed by atoms with E-state index in [1.165, 1.54) is 71.6 Å². The zero-order valence-electron chi connectivity index (χ0n) is 31.6.